The Morgan fingerprint density at radius 2 is 1.67 bits per heavy atom. The number of aryl methyl sites for hydroxylation is 1. The van der Waals surface area contributed by atoms with E-state index < -0.39 is 41.5 Å². The minimum atomic E-state index is -1.20. The molecule has 2 aromatic carbocycles. The number of carbonyl (C=O) groups is 4. The van der Waals surface area contributed by atoms with Crippen LogP contribution < -0.4 is 16.4 Å². The molecule has 0 spiro atoms. The molecule has 0 fully saturated rings. The van der Waals surface area contributed by atoms with E-state index in [1.54, 1.807) is 58.0 Å². The number of benzene rings is 2. The zero-order valence-electron chi connectivity index (χ0n) is 25.7. The van der Waals surface area contributed by atoms with E-state index in [2.05, 4.69) is 17.6 Å². The van der Waals surface area contributed by atoms with Gasteiger partial charge in [-0.05, 0) is 69.9 Å². The average molecular weight is 617 g/mol. The first-order chi connectivity index (χ1) is 20.2. The summed E-state index contributed by atoms with van der Waals surface area (Å²) in [6.45, 7) is 9.17. The molecule has 0 aromatic heterocycles. The Labute approximate surface area is 259 Å². The van der Waals surface area contributed by atoms with E-state index in [9.17, 15) is 24.3 Å². The van der Waals surface area contributed by atoms with Gasteiger partial charge in [0.05, 0.1) is 10.7 Å². The Kier molecular flexibility index (Phi) is 13.8. The van der Waals surface area contributed by atoms with Crippen molar-refractivity contribution in [2.75, 3.05) is 11.9 Å². The molecule has 2 aromatic rings. The first-order valence-corrected chi connectivity index (χ1v) is 15.0. The molecule has 236 valence electrons. The second-order valence-corrected chi connectivity index (χ2v) is 12.0. The van der Waals surface area contributed by atoms with Crippen molar-refractivity contribution in [3.8, 4) is 5.75 Å². The number of aromatic hydroxyl groups is 1. The number of ether oxygens (including phenoxy) is 1. The monoisotopic (exact) mass is 616 g/mol. The van der Waals surface area contributed by atoms with Crippen molar-refractivity contribution in [3.63, 3.8) is 0 Å². The molecule has 2 rings (SSSR count). The maximum absolute atomic E-state index is 14.3. The SMILES string of the molecule is CCCCCCCN(C(=O)C(CCC(N)=O)NC(=O)OC(C)(C)C)C(C(=O)Nc1c(C)cccc1Cl)c1ccc(O)cc1. The molecule has 43 heavy (non-hydrogen) atoms. The summed E-state index contributed by atoms with van der Waals surface area (Å²) in [5.74, 6) is -1.76. The van der Waals surface area contributed by atoms with Crippen molar-refractivity contribution in [1.82, 2.24) is 10.2 Å². The van der Waals surface area contributed by atoms with Crippen molar-refractivity contribution in [2.24, 2.45) is 5.73 Å². The maximum Gasteiger partial charge on any atom is 0.408 e. The van der Waals surface area contributed by atoms with Crippen LogP contribution in [-0.4, -0.2) is 52.0 Å². The average Bonchev–Trinajstić information content (AvgIpc) is 2.91. The van der Waals surface area contributed by atoms with Gasteiger partial charge in [0.25, 0.3) is 5.91 Å². The fourth-order valence-corrected chi connectivity index (χ4v) is 4.83. The van der Waals surface area contributed by atoms with E-state index in [1.165, 1.54) is 17.0 Å². The number of primary amides is 1. The van der Waals surface area contributed by atoms with Crippen LogP contribution >= 0.6 is 11.6 Å². The molecule has 4 amide bonds. The molecule has 0 saturated carbocycles. The van der Waals surface area contributed by atoms with Gasteiger partial charge < -0.3 is 31.1 Å². The van der Waals surface area contributed by atoms with Gasteiger partial charge >= 0.3 is 6.09 Å². The largest absolute Gasteiger partial charge is 0.508 e. The highest BCUT2D eigenvalue weighted by atomic mass is 35.5. The third-order valence-corrected chi connectivity index (χ3v) is 7.01. The minimum Gasteiger partial charge on any atom is -0.508 e. The van der Waals surface area contributed by atoms with Crippen LogP contribution in [0.1, 0.15) is 89.8 Å². The van der Waals surface area contributed by atoms with Crippen LogP contribution in [0, 0.1) is 6.92 Å². The van der Waals surface area contributed by atoms with Crippen LogP contribution in [0.5, 0.6) is 5.75 Å². The standard InChI is InChI=1S/C32H45ClN4O6/c1-6-7-8-9-10-20-37(30(41)25(18-19-26(34)39)35-31(42)43-32(3,4)5)28(22-14-16-23(38)17-15-22)29(40)36-27-21(2)12-11-13-24(27)33/h11-17,25,28,38H,6-10,18-20H2,1-5H3,(H2,34,39)(H,35,42)(H,36,40). The van der Waals surface area contributed by atoms with Crippen molar-refractivity contribution in [3.05, 3.63) is 58.6 Å². The lowest BCUT2D eigenvalue weighted by atomic mass is 10.00. The fourth-order valence-electron chi connectivity index (χ4n) is 4.56. The number of para-hydroxylation sites is 1. The molecular formula is C32H45ClN4O6. The van der Waals surface area contributed by atoms with Crippen LogP contribution in [-0.2, 0) is 19.1 Å². The topological polar surface area (TPSA) is 151 Å². The van der Waals surface area contributed by atoms with E-state index >= 15 is 0 Å². The summed E-state index contributed by atoms with van der Waals surface area (Å²) in [5.41, 5.74) is 6.14. The van der Waals surface area contributed by atoms with Crippen LogP contribution in [0.15, 0.2) is 42.5 Å². The Bertz CT molecular complexity index is 1230. The lowest BCUT2D eigenvalue weighted by Crippen LogP contribution is -2.52. The molecule has 10 nitrogen and oxygen atoms in total. The van der Waals surface area contributed by atoms with E-state index in [0.717, 1.165) is 31.2 Å². The molecular weight excluding hydrogens is 572 g/mol. The summed E-state index contributed by atoms with van der Waals surface area (Å²) in [6.07, 6.45) is 3.32. The number of anilines is 1. The van der Waals surface area contributed by atoms with Crippen LogP contribution in [0.3, 0.4) is 0 Å². The molecule has 0 bridgehead atoms. The molecule has 0 heterocycles. The van der Waals surface area contributed by atoms with Gasteiger partial charge in [-0.1, -0.05) is 68.5 Å². The van der Waals surface area contributed by atoms with Gasteiger partial charge in [-0.25, -0.2) is 4.79 Å². The molecule has 0 saturated heterocycles. The highest BCUT2D eigenvalue weighted by Crippen LogP contribution is 2.30. The fraction of sp³-hybridized carbons (Fsp3) is 0.500. The summed E-state index contributed by atoms with van der Waals surface area (Å²) in [5, 5.41) is 15.8. The first kappa shape index (κ1) is 35.4. The number of halogens is 1. The highest BCUT2D eigenvalue weighted by Gasteiger charge is 2.36. The molecule has 11 heteroatoms. The predicted octanol–water partition coefficient (Wildman–Crippen LogP) is 5.99. The van der Waals surface area contributed by atoms with Gasteiger partial charge in [0, 0.05) is 13.0 Å². The molecule has 2 unspecified atom stereocenters. The van der Waals surface area contributed by atoms with E-state index in [0.29, 0.717) is 22.7 Å². The third kappa shape index (κ3) is 11.8. The van der Waals surface area contributed by atoms with Crippen LogP contribution in [0.2, 0.25) is 5.02 Å². The number of amides is 4. The minimum absolute atomic E-state index is 0.00627. The Hall–Kier alpha value is -3.79. The molecule has 0 radical (unpaired) electrons. The van der Waals surface area contributed by atoms with E-state index in [-0.39, 0.29) is 25.1 Å². The van der Waals surface area contributed by atoms with Crippen LogP contribution in [0.4, 0.5) is 10.5 Å². The second kappa shape index (κ2) is 16.7. The van der Waals surface area contributed by atoms with Gasteiger partial charge in [-0.15, -0.1) is 0 Å². The summed E-state index contributed by atoms with van der Waals surface area (Å²) in [4.78, 5) is 54.2. The lowest BCUT2D eigenvalue weighted by Gasteiger charge is -2.35. The Morgan fingerprint density at radius 3 is 2.26 bits per heavy atom. The number of nitrogens with one attached hydrogen (secondary N) is 2. The van der Waals surface area contributed by atoms with Crippen LogP contribution in [0.25, 0.3) is 0 Å². The smallest absolute Gasteiger partial charge is 0.408 e. The van der Waals surface area contributed by atoms with E-state index in [1.807, 2.05) is 0 Å². The zero-order valence-corrected chi connectivity index (χ0v) is 26.5. The quantitative estimate of drug-likeness (QED) is 0.180. The van der Waals surface area contributed by atoms with Crippen molar-refractivity contribution in [1.29, 1.82) is 0 Å². The molecule has 0 aliphatic heterocycles. The predicted molar refractivity (Wildman–Crippen MR) is 168 cm³/mol. The lowest BCUT2D eigenvalue weighted by molar-refractivity contribution is -0.141. The van der Waals surface area contributed by atoms with Gasteiger partial charge in [0.15, 0.2) is 0 Å². The maximum atomic E-state index is 14.3. The number of phenols is 1. The third-order valence-electron chi connectivity index (χ3n) is 6.69. The summed E-state index contributed by atoms with van der Waals surface area (Å²) >= 11 is 6.42. The number of carbonyl (C=O) groups excluding carboxylic acids is 4. The summed E-state index contributed by atoms with van der Waals surface area (Å²) in [7, 11) is 0. The number of phenolic OH excluding ortho intramolecular Hbond substituents is 1. The molecule has 2 atom stereocenters. The number of alkyl carbamates (subject to hydrolysis) is 1. The number of nitrogens with zero attached hydrogens (tertiary/aromatic N) is 1. The van der Waals surface area contributed by atoms with Gasteiger partial charge in [-0.2, -0.15) is 0 Å². The van der Waals surface area contributed by atoms with Crippen molar-refractivity contribution >= 4 is 41.1 Å². The van der Waals surface area contributed by atoms with Gasteiger partial charge in [-0.3, -0.25) is 14.4 Å². The van der Waals surface area contributed by atoms with Gasteiger partial charge in [0.1, 0.15) is 23.4 Å². The first-order valence-electron chi connectivity index (χ1n) is 14.7. The van der Waals surface area contributed by atoms with Crippen molar-refractivity contribution in [2.45, 2.75) is 97.2 Å². The number of nitrogens with two attached hydrogens (primary N) is 1. The molecule has 0 aliphatic carbocycles. The number of hydrogen-bond acceptors (Lipinski definition) is 6. The Morgan fingerprint density at radius 1 is 1.02 bits per heavy atom. The van der Waals surface area contributed by atoms with Crippen molar-refractivity contribution < 1.29 is 29.0 Å². The molecule has 0 aliphatic rings. The Balaban J connectivity index is 2.57. The number of hydrogen-bond donors (Lipinski definition) is 4. The normalized spacial score (nSPS) is 12.6. The molecule has 5 N–H and O–H groups in total. The second-order valence-electron chi connectivity index (χ2n) is 11.6. The highest BCUT2D eigenvalue weighted by molar-refractivity contribution is 6.34. The number of unbranched alkanes of at least 4 members (excludes halogenated alkanes) is 4. The number of rotatable bonds is 15. The zero-order chi connectivity index (χ0) is 32.2. The van der Waals surface area contributed by atoms with Gasteiger partial charge in [0.2, 0.25) is 11.8 Å². The summed E-state index contributed by atoms with van der Waals surface area (Å²) in [6, 6.07) is 8.86. The van der Waals surface area contributed by atoms with E-state index in [4.69, 9.17) is 22.1 Å². The summed E-state index contributed by atoms with van der Waals surface area (Å²) < 4.78 is 5.38.